The third-order valence-electron chi connectivity index (χ3n) is 2.93. The number of carbonyl (C=O) groups excluding carboxylic acids is 1. The molecular weight excluding hydrogens is 248 g/mol. The van der Waals surface area contributed by atoms with Crippen molar-refractivity contribution in [2.75, 3.05) is 5.32 Å². The molecule has 2 N–H and O–H groups in total. The summed E-state index contributed by atoms with van der Waals surface area (Å²) in [6.07, 6.45) is 2.00. The first-order chi connectivity index (χ1) is 8.72. The third-order valence-corrected chi connectivity index (χ3v) is 3.60. The highest BCUT2D eigenvalue weighted by molar-refractivity contribution is 7.07. The van der Waals surface area contributed by atoms with Crippen molar-refractivity contribution in [1.29, 1.82) is 0 Å². The summed E-state index contributed by atoms with van der Waals surface area (Å²) in [6.45, 7) is 0. The number of thiazole rings is 1. The van der Waals surface area contributed by atoms with Crippen LogP contribution in [-0.4, -0.2) is 10.9 Å². The average molecular weight is 260 g/mol. The lowest BCUT2D eigenvalue weighted by molar-refractivity contribution is -0.117. The number of benzene rings is 1. The summed E-state index contributed by atoms with van der Waals surface area (Å²) in [6, 6.07) is 7.48. The molecule has 0 unspecified atom stereocenters. The minimum atomic E-state index is -0.0592. The largest absolute Gasteiger partial charge is 0.326 e. The van der Waals surface area contributed by atoms with Crippen molar-refractivity contribution in [2.24, 2.45) is 5.92 Å². The molecule has 1 aromatic heterocycles. The van der Waals surface area contributed by atoms with E-state index in [-0.39, 0.29) is 16.7 Å². The summed E-state index contributed by atoms with van der Waals surface area (Å²) in [4.78, 5) is 25.3. The lowest BCUT2D eigenvalue weighted by atomic mass is 10.1. The zero-order chi connectivity index (χ0) is 12.5. The number of anilines is 1. The van der Waals surface area contributed by atoms with E-state index in [1.54, 1.807) is 5.38 Å². The Morgan fingerprint density at radius 2 is 2.00 bits per heavy atom. The number of aromatic nitrogens is 1. The SMILES string of the molecule is O=C(Nc1ccc(-c2csc(=O)[nH]2)cc1)C1CC1. The third kappa shape index (κ3) is 2.36. The van der Waals surface area contributed by atoms with Crippen LogP contribution in [0.25, 0.3) is 11.3 Å². The summed E-state index contributed by atoms with van der Waals surface area (Å²) >= 11 is 1.15. The molecule has 0 atom stereocenters. The highest BCUT2D eigenvalue weighted by Gasteiger charge is 2.29. The monoisotopic (exact) mass is 260 g/mol. The Labute approximate surface area is 108 Å². The molecule has 2 aromatic rings. The summed E-state index contributed by atoms with van der Waals surface area (Å²) < 4.78 is 0. The average Bonchev–Trinajstić information content (AvgIpc) is 3.13. The Kier molecular flexibility index (Phi) is 2.76. The maximum absolute atomic E-state index is 11.6. The van der Waals surface area contributed by atoms with E-state index in [1.165, 1.54) is 0 Å². The predicted molar refractivity (Wildman–Crippen MR) is 71.7 cm³/mol. The zero-order valence-electron chi connectivity index (χ0n) is 9.60. The van der Waals surface area contributed by atoms with E-state index in [0.717, 1.165) is 41.1 Å². The molecule has 0 radical (unpaired) electrons. The maximum atomic E-state index is 11.6. The summed E-state index contributed by atoms with van der Waals surface area (Å²) in [5, 5.41) is 4.67. The summed E-state index contributed by atoms with van der Waals surface area (Å²) in [7, 11) is 0. The quantitative estimate of drug-likeness (QED) is 0.890. The second-order valence-corrected chi connectivity index (χ2v) is 5.24. The first kappa shape index (κ1) is 11.2. The molecule has 5 heteroatoms. The molecule has 18 heavy (non-hydrogen) atoms. The molecule has 1 saturated carbocycles. The second kappa shape index (κ2) is 4.42. The number of H-pyrrole nitrogens is 1. The van der Waals surface area contributed by atoms with Crippen molar-refractivity contribution < 1.29 is 4.79 Å². The molecule has 0 bridgehead atoms. The van der Waals surface area contributed by atoms with Gasteiger partial charge >= 0.3 is 4.87 Å². The van der Waals surface area contributed by atoms with Gasteiger partial charge in [-0.3, -0.25) is 9.59 Å². The van der Waals surface area contributed by atoms with Gasteiger partial charge in [0.2, 0.25) is 5.91 Å². The lowest BCUT2D eigenvalue weighted by Gasteiger charge is -2.04. The Hall–Kier alpha value is -1.88. The van der Waals surface area contributed by atoms with Crippen LogP contribution in [0.5, 0.6) is 0 Å². The minimum Gasteiger partial charge on any atom is -0.326 e. The first-order valence-corrected chi connectivity index (χ1v) is 6.69. The van der Waals surface area contributed by atoms with E-state index in [4.69, 9.17) is 0 Å². The van der Waals surface area contributed by atoms with Gasteiger partial charge in [-0.1, -0.05) is 23.5 Å². The molecule has 1 aromatic carbocycles. The second-order valence-electron chi connectivity index (χ2n) is 4.40. The predicted octanol–water partition coefficient (Wildman–Crippen LogP) is 2.45. The standard InChI is InChI=1S/C13H12N2O2S/c16-12(9-1-2-9)14-10-5-3-8(4-6-10)11-7-18-13(17)15-11/h3-7,9H,1-2H2,(H,14,16)(H,15,17). The highest BCUT2D eigenvalue weighted by atomic mass is 32.1. The van der Waals surface area contributed by atoms with Crippen molar-refractivity contribution in [3.05, 3.63) is 39.3 Å². The fourth-order valence-electron chi connectivity index (χ4n) is 1.74. The Morgan fingerprint density at radius 1 is 1.28 bits per heavy atom. The number of carbonyl (C=O) groups is 1. The smallest absolute Gasteiger partial charge is 0.304 e. The molecule has 0 saturated heterocycles. The summed E-state index contributed by atoms with van der Waals surface area (Å²) in [5.74, 6) is 0.310. The van der Waals surface area contributed by atoms with Gasteiger partial charge in [0.25, 0.3) is 0 Å². The van der Waals surface area contributed by atoms with E-state index in [0.29, 0.717) is 0 Å². The molecule has 0 aliphatic heterocycles. The molecule has 1 aliphatic rings. The van der Waals surface area contributed by atoms with E-state index < -0.39 is 0 Å². The topological polar surface area (TPSA) is 62.0 Å². The molecular formula is C13H12N2O2S. The van der Waals surface area contributed by atoms with Crippen molar-refractivity contribution in [2.45, 2.75) is 12.8 Å². The van der Waals surface area contributed by atoms with Crippen LogP contribution in [0.2, 0.25) is 0 Å². The van der Waals surface area contributed by atoms with Crippen LogP contribution in [0.3, 0.4) is 0 Å². The maximum Gasteiger partial charge on any atom is 0.304 e. The molecule has 1 amide bonds. The first-order valence-electron chi connectivity index (χ1n) is 5.81. The van der Waals surface area contributed by atoms with Gasteiger partial charge in [-0.25, -0.2) is 0 Å². The van der Waals surface area contributed by atoms with Gasteiger partial charge in [-0.15, -0.1) is 0 Å². The van der Waals surface area contributed by atoms with Crippen LogP contribution in [0, 0.1) is 5.92 Å². The number of hydrogen-bond donors (Lipinski definition) is 2. The van der Waals surface area contributed by atoms with E-state index in [9.17, 15) is 9.59 Å². The van der Waals surface area contributed by atoms with Crippen LogP contribution < -0.4 is 10.2 Å². The number of rotatable bonds is 3. The lowest BCUT2D eigenvalue weighted by Crippen LogP contribution is -2.12. The highest BCUT2D eigenvalue weighted by Crippen LogP contribution is 2.30. The fraction of sp³-hybridized carbons (Fsp3) is 0.231. The molecule has 1 aliphatic carbocycles. The number of aromatic amines is 1. The normalized spacial score (nSPS) is 14.4. The zero-order valence-corrected chi connectivity index (χ0v) is 10.4. The molecule has 1 fully saturated rings. The van der Waals surface area contributed by atoms with Gasteiger partial charge in [0.1, 0.15) is 0 Å². The molecule has 0 spiro atoms. The Balaban J connectivity index is 1.76. The Morgan fingerprint density at radius 3 is 2.56 bits per heavy atom. The Bertz CT molecular complexity index is 623. The van der Waals surface area contributed by atoms with Gasteiger partial charge in [-0.2, -0.15) is 0 Å². The van der Waals surface area contributed by atoms with Crippen LogP contribution in [0.1, 0.15) is 12.8 Å². The minimum absolute atomic E-state index is 0.0592. The van der Waals surface area contributed by atoms with E-state index in [2.05, 4.69) is 10.3 Å². The molecule has 92 valence electrons. The number of hydrogen-bond acceptors (Lipinski definition) is 3. The van der Waals surface area contributed by atoms with Crippen LogP contribution in [-0.2, 0) is 4.79 Å². The molecule has 3 rings (SSSR count). The van der Waals surface area contributed by atoms with Crippen molar-refractivity contribution >= 4 is 22.9 Å². The number of nitrogens with one attached hydrogen (secondary N) is 2. The van der Waals surface area contributed by atoms with Gasteiger partial charge < -0.3 is 10.3 Å². The van der Waals surface area contributed by atoms with E-state index >= 15 is 0 Å². The van der Waals surface area contributed by atoms with Crippen molar-refractivity contribution in [3.8, 4) is 11.3 Å². The van der Waals surface area contributed by atoms with Gasteiger partial charge in [0.05, 0.1) is 5.69 Å². The van der Waals surface area contributed by atoms with Crippen molar-refractivity contribution in [1.82, 2.24) is 4.98 Å². The molecule has 1 heterocycles. The van der Waals surface area contributed by atoms with Crippen LogP contribution in [0.4, 0.5) is 5.69 Å². The fourth-order valence-corrected chi connectivity index (χ4v) is 2.33. The summed E-state index contributed by atoms with van der Waals surface area (Å²) in [5.41, 5.74) is 2.55. The van der Waals surface area contributed by atoms with Crippen LogP contribution >= 0.6 is 11.3 Å². The van der Waals surface area contributed by atoms with E-state index in [1.807, 2.05) is 24.3 Å². The van der Waals surface area contributed by atoms with Crippen molar-refractivity contribution in [3.63, 3.8) is 0 Å². The van der Waals surface area contributed by atoms with Gasteiger partial charge in [-0.05, 0) is 30.5 Å². The van der Waals surface area contributed by atoms with Gasteiger partial charge in [0.15, 0.2) is 0 Å². The molecule has 4 nitrogen and oxygen atoms in total. The van der Waals surface area contributed by atoms with Gasteiger partial charge in [0, 0.05) is 17.0 Å². The van der Waals surface area contributed by atoms with Crippen LogP contribution in [0.15, 0.2) is 34.4 Å². The number of amides is 1.